The lowest BCUT2D eigenvalue weighted by atomic mass is 10.2. The topological polar surface area (TPSA) is 115 Å². The summed E-state index contributed by atoms with van der Waals surface area (Å²) < 4.78 is 50.7. The summed E-state index contributed by atoms with van der Waals surface area (Å²) in [5, 5.41) is 2.60. The Labute approximate surface area is 188 Å². The molecule has 0 aliphatic heterocycles. The van der Waals surface area contributed by atoms with Crippen LogP contribution in [0, 0.1) is 12.7 Å². The zero-order valence-electron chi connectivity index (χ0n) is 16.9. The molecule has 0 saturated carbocycles. The number of carbonyl (C=O) groups is 2. The second-order valence-corrected chi connectivity index (χ2v) is 8.70. The number of esters is 1. The molecule has 1 aromatic heterocycles. The average molecular weight is 481 g/mol. The Morgan fingerprint density at radius 3 is 2.44 bits per heavy atom. The van der Waals surface area contributed by atoms with Crippen LogP contribution in [0.5, 0.6) is 0 Å². The molecule has 0 aliphatic rings. The minimum Gasteiger partial charge on any atom is -0.465 e. The lowest BCUT2D eigenvalue weighted by Gasteiger charge is -2.11. The van der Waals surface area contributed by atoms with Crippen LogP contribution in [0.2, 0.25) is 5.02 Å². The Hall–Kier alpha value is -3.37. The Morgan fingerprint density at radius 2 is 1.78 bits per heavy atom. The highest BCUT2D eigenvalue weighted by Crippen LogP contribution is 2.23. The van der Waals surface area contributed by atoms with Gasteiger partial charge in [0.15, 0.2) is 0 Å². The normalized spacial score (nSPS) is 11.1. The number of nitrogens with one attached hydrogen (secondary N) is 2. The molecule has 2 N–H and O–H groups in total. The summed E-state index contributed by atoms with van der Waals surface area (Å²) >= 11 is 6.09. The van der Waals surface area contributed by atoms with E-state index in [0.717, 1.165) is 18.2 Å². The number of hydrogen-bond acceptors (Lipinski definition) is 6. The Bertz CT molecular complexity index is 1270. The number of sulfonamides is 1. The van der Waals surface area contributed by atoms with Crippen LogP contribution in [0.15, 0.2) is 57.8 Å². The van der Waals surface area contributed by atoms with E-state index in [1.165, 1.54) is 37.4 Å². The predicted octanol–water partition coefficient (Wildman–Crippen LogP) is 3.90. The largest absolute Gasteiger partial charge is 0.465 e. The van der Waals surface area contributed by atoms with Gasteiger partial charge in [-0.2, -0.15) is 0 Å². The number of amides is 1. The minimum atomic E-state index is -4.06. The second-order valence-electron chi connectivity index (χ2n) is 6.61. The molecular formula is C21H18ClFN2O6S. The van der Waals surface area contributed by atoms with Gasteiger partial charge in [-0.25, -0.2) is 17.6 Å². The molecule has 0 aliphatic carbocycles. The monoisotopic (exact) mass is 480 g/mol. The van der Waals surface area contributed by atoms with Gasteiger partial charge in [0.1, 0.15) is 22.9 Å². The fourth-order valence-electron chi connectivity index (χ4n) is 2.78. The quantitative estimate of drug-likeness (QED) is 0.496. The fourth-order valence-corrected chi connectivity index (χ4v) is 4.07. The van der Waals surface area contributed by atoms with E-state index in [0.29, 0.717) is 11.5 Å². The predicted molar refractivity (Wildman–Crippen MR) is 115 cm³/mol. The van der Waals surface area contributed by atoms with E-state index in [1.807, 2.05) is 0 Å². The van der Waals surface area contributed by atoms with Gasteiger partial charge in [0.25, 0.3) is 15.9 Å². The number of benzene rings is 2. The first-order valence-electron chi connectivity index (χ1n) is 9.14. The fraction of sp³-hybridized carbons (Fsp3) is 0.143. The van der Waals surface area contributed by atoms with Gasteiger partial charge >= 0.3 is 5.97 Å². The summed E-state index contributed by atoms with van der Waals surface area (Å²) in [5.74, 6) is -1.10. The smallest absolute Gasteiger partial charge is 0.341 e. The Balaban J connectivity index is 1.77. The molecule has 11 heteroatoms. The molecule has 0 fully saturated rings. The van der Waals surface area contributed by atoms with E-state index >= 15 is 0 Å². The number of anilines is 1. The highest BCUT2D eigenvalue weighted by atomic mass is 35.5. The number of halogens is 2. The molecule has 3 rings (SSSR count). The van der Waals surface area contributed by atoms with Gasteiger partial charge in [-0.15, -0.1) is 0 Å². The van der Waals surface area contributed by atoms with Crippen LogP contribution in [0.3, 0.4) is 0 Å². The summed E-state index contributed by atoms with van der Waals surface area (Å²) in [7, 11) is -2.82. The molecule has 0 spiro atoms. The van der Waals surface area contributed by atoms with Crippen LogP contribution in [0.1, 0.15) is 32.2 Å². The third-order valence-corrected chi connectivity index (χ3v) is 6.10. The summed E-state index contributed by atoms with van der Waals surface area (Å²) in [6.45, 7) is 1.51. The van der Waals surface area contributed by atoms with Crippen LogP contribution < -0.4 is 10.0 Å². The van der Waals surface area contributed by atoms with Crippen molar-refractivity contribution >= 4 is 39.2 Å². The van der Waals surface area contributed by atoms with Crippen molar-refractivity contribution in [1.29, 1.82) is 0 Å². The van der Waals surface area contributed by atoms with Gasteiger partial charge in [0.2, 0.25) is 0 Å². The highest BCUT2D eigenvalue weighted by molar-refractivity contribution is 7.92. The van der Waals surface area contributed by atoms with Crippen molar-refractivity contribution in [3.63, 3.8) is 0 Å². The number of hydrogen-bond donors (Lipinski definition) is 2. The van der Waals surface area contributed by atoms with Gasteiger partial charge < -0.3 is 14.5 Å². The highest BCUT2D eigenvalue weighted by Gasteiger charge is 2.20. The van der Waals surface area contributed by atoms with Crippen molar-refractivity contribution in [2.45, 2.75) is 18.4 Å². The third kappa shape index (κ3) is 5.27. The molecule has 8 nitrogen and oxygen atoms in total. The first-order chi connectivity index (χ1) is 15.1. The minimum absolute atomic E-state index is 0.0362. The molecule has 32 heavy (non-hydrogen) atoms. The number of rotatable bonds is 7. The van der Waals surface area contributed by atoms with Gasteiger partial charge in [-0.1, -0.05) is 11.6 Å². The zero-order chi connectivity index (χ0) is 23.5. The van der Waals surface area contributed by atoms with Crippen LogP contribution in [-0.4, -0.2) is 27.4 Å². The number of methoxy groups -OCH3 is 1. The average Bonchev–Trinajstić information content (AvgIpc) is 3.13. The van der Waals surface area contributed by atoms with Crippen LogP contribution in [0.4, 0.5) is 10.1 Å². The molecule has 1 amide bonds. The standard InChI is InChI=1S/C21H18ClFN2O6S/c1-12-17(21(27)30-2)9-15(31-12)11-24-20(26)18-10-16(7-8-19(18)22)32(28,29)25-14-5-3-13(23)4-6-14/h3-10,25H,11H2,1-2H3,(H,24,26). The van der Waals surface area contributed by atoms with Gasteiger partial charge in [-0.05, 0) is 55.5 Å². The summed E-state index contributed by atoms with van der Waals surface area (Å²) in [6.07, 6.45) is 0. The van der Waals surface area contributed by atoms with E-state index in [-0.39, 0.29) is 33.3 Å². The van der Waals surface area contributed by atoms with Gasteiger partial charge in [-0.3, -0.25) is 9.52 Å². The first kappa shape index (κ1) is 23.3. The van der Waals surface area contributed by atoms with Gasteiger partial charge in [0, 0.05) is 5.69 Å². The molecule has 0 unspecified atom stereocenters. The van der Waals surface area contributed by atoms with Crippen molar-refractivity contribution in [3.8, 4) is 0 Å². The number of furan rings is 1. The maximum Gasteiger partial charge on any atom is 0.341 e. The second kappa shape index (κ2) is 9.41. The Kier molecular flexibility index (Phi) is 6.85. The number of ether oxygens (including phenoxy) is 1. The van der Waals surface area contributed by atoms with Crippen LogP contribution in [0.25, 0.3) is 0 Å². The van der Waals surface area contributed by atoms with E-state index in [1.54, 1.807) is 6.92 Å². The van der Waals surface area contributed by atoms with Crippen molar-refractivity contribution in [1.82, 2.24) is 5.32 Å². The lowest BCUT2D eigenvalue weighted by Crippen LogP contribution is -2.23. The molecule has 1 heterocycles. The van der Waals surface area contributed by atoms with Gasteiger partial charge in [0.05, 0.1) is 29.1 Å². The summed E-state index contributed by atoms with van der Waals surface area (Å²) in [5.41, 5.74) is 0.307. The first-order valence-corrected chi connectivity index (χ1v) is 11.0. The molecular weight excluding hydrogens is 463 g/mol. The maximum atomic E-state index is 13.0. The molecule has 0 saturated heterocycles. The third-order valence-electron chi connectivity index (χ3n) is 4.39. The van der Waals surface area contributed by atoms with E-state index < -0.39 is 27.7 Å². The molecule has 0 radical (unpaired) electrons. The SMILES string of the molecule is COC(=O)c1cc(CNC(=O)c2cc(S(=O)(=O)Nc3ccc(F)cc3)ccc2Cl)oc1C. The number of aryl methyl sites for hydroxylation is 1. The summed E-state index contributed by atoms with van der Waals surface area (Å²) in [6, 6.07) is 9.84. The van der Waals surface area contributed by atoms with E-state index in [2.05, 4.69) is 14.8 Å². The maximum absolute atomic E-state index is 13.0. The Morgan fingerprint density at radius 1 is 1.09 bits per heavy atom. The van der Waals surface area contributed by atoms with Crippen LogP contribution in [-0.2, 0) is 21.3 Å². The molecule has 2 aromatic carbocycles. The van der Waals surface area contributed by atoms with E-state index in [4.69, 9.17) is 16.0 Å². The van der Waals surface area contributed by atoms with Crippen molar-refractivity contribution < 1.29 is 31.6 Å². The van der Waals surface area contributed by atoms with Crippen molar-refractivity contribution in [3.05, 3.63) is 82.0 Å². The van der Waals surface area contributed by atoms with Crippen molar-refractivity contribution in [2.24, 2.45) is 0 Å². The molecule has 3 aromatic rings. The lowest BCUT2D eigenvalue weighted by molar-refractivity contribution is 0.0598. The van der Waals surface area contributed by atoms with Crippen molar-refractivity contribution in [2.75, 3.05) is 11.8 Å². The molecule has 168 valence electrons. The molecule has 0 bridgehead atoms. The zero-order valence-corrected chi connectivity index (χ0v) is 18.5. The van der Waals surface area contributed by atoms with Crippen LogP contribution >= 0.6 is 11.6 Å². The molecule has 0 atom stereocenters. The van der Waals surface area contributed by atoms with E-state index in [9.17, 15) is 22.4 Å². The number of carbonyl (C=O) groups excluding carboxylic acids is 2. The summed E-state index contributed by atoms with van der Waals surface area (Å²) in [4.78, 5) is 24.1.